The highest BCUT2D eigenvalue weighted by Crippen LogP contribution is 2.35. The molecule has 0 atom stereocenters. The summed E-state index contributed by atoms with van der Waals surface area (Å²) in [6, 6.07) is 18.9. The zero-order valence-electron chi connectivity index (χ0n) is 11.7. The predicted molar refractivity (Wildman–Crippen MR) is 89.1 cm³/mol. The fourth-order valence-corrected chi connectivity index (χ4v) is 3.54. The van der Waals surface area contributed by atoms with Crippen molar-refractivity contribution in [1.82, 2.24) is 9.78 Å². The molecular formula is C18H14N2S. The third-order valence-corrected chi connectivity index (χ3v) is 4.69. The smallest absolute Gasteiger partial charge is 0.0854 e. The number of hydrogen-bond acceptors (Lipinski definition) is 2. The lowest BCUT2D eigenvalue weighted by molar-refractivity contribution is 0.911. The fraction of sp³-hybridized carbons (Fsp3) is 0.0556. The van der Waals surface area contributed by atoms with Gasteiger partial charge in [0, 0.05) is 15.6 Å². The Balaban J connectivity index is 1.87. The molecule has 0 saturated heterocycles. The molecule has 2 heterocycles. The Morgan fingerprint density at radius 1 is 0.952 bits per heavy atom. The molecule has 2 aromatic heterocycles. The SMILES string of the molecule is Cc1ccc(-c2scc3c2cnn3-c2ccccc2)cc1. The molecule has 3 heteroatoms. The number of nitrogens with zero attached hydrogens (tertiary/aromatic N) is 2. The van der Waals surface area contributed by atoms with Gasteiger partial charge < -0.3 is 0 Å². The van der Waals surface area contributed by atoms with Crippen LogP contribution in [0.4, 0.5) is 0 Å². The van der Waals surface area contributed by atoms with Gasteiger partial charge in [0.25, 0.3) is 0 Å². The van der Waals surface area contributed by atoms with Gasteiger partial charge in [-0.2, -0.15) is 5.10 Å². The van der Waals surface area contributed by atoms with Crippen LogP contribution in [0.15, 0.2) is 66.2 Å². The Bertz CT molecular complexity index is 886. The third kappa shape index (κ3) is 2.06. The predicted octanol–water partition coefficient (Wildman–Crippen LogP) is 5.06. The molecule has 21 heavy (non-hydrogen) atoms. The largest absolute Gasteiger partial charge is 0.232 e. The Kier molecular flexibility index (Phi) is 2.86. The highest BCUT2D eigenvalue weighted by Gasteiger charge is 2.12. The molecule has 0 bridgehead atoms. The zero-order chi connectivity index (χ0) is 14.2. The van der Waals surface area contributed by atoms with Crippen LogP contribution in [-0.2, 0) is 0 Å². The van der Waals surface area contributed by atoms with Crippen molar-refractivity contribution in [2.75, 3.05) is 0 Å². The number of aryl methyl sites for hydroxylation is 1. The minimum Gasteiger partial charge on any atom is -0.232 e. The molecule has 0 saturated carbocycles. The maximum atomic E-state index is 4.55. The average molecular weight is 290 g/mol. The summed E-state index contributed by atoms with van der Waals surface area (Å²) in [5.74, 6) is 0. The van der Waals surface area contributed by atoms with Crippen molar-refractivity contribution in [3.63, 3.8) is 0 Å². The first-order valence-electron chi connectivity index (χ1n) is 6.90. The van der Waals surface area contributed by atoms with Crippen molar-refractivity contribution in [3.8, 4) is 16.1 Å². The number of para-hydroxylation sites is 1. The van der Waals surface area contributed by atoms with E-state index in [2.05, 4.69) is 53.8 Å². The lowest BCUT2D eigenvalue weighted by Crippen LogP contribution is -1.93. The van der Waals surface area contributed by atoms with Gasteiger partial charge in [0.05, 0.1) is 17.4 Å². The van der Waals surface area contributed by atoms with E-state index in [1.807, 2.05) is 29.1 Å². The van der Waals surface area contributed by atoms with Crippen molar-refractivity contribution in [2.24, 2.45) is 0 Å². The van der Waals surface area contributed by atoms with E-state index < -0.39 is 0 Å². The quantitative estimate of drug-likeness (QED) is 0.504. The van der Waals surface area contributed by atoms with E-state index in [0.29, 0.717) is 0 Å². The van der Waals surface area contributed by atoms with Crippen LogP contribution in [0.25, 0.3) is 27.0 Å². The molecule has 0 unspecified atom stereocenters. The minimum atomic E-state index is 1.10. The van der Waals surface area contributed by atoms with Crippen LogP contribution < -0.4 is 0 Å². The Hall–Kier alpha value is -2.39. The summed E-state index contributed by atoms with van der Waals surface area (Å²) in [5, 5.41) is 7.95. The van der Waals surface area contributed by atoms with Crippen LogP contribution in [0.3, 0.4) is 0 Å². The third-order valence-electron chi connectivity index (χ3n) is 3.65. The van der Waals surface area contributed by atoms with Gasteiger partial charge in [-0.25, -0.2) is 4.68 Å². The minimum absolute atomic E-state index is 1.10. The van der Waals surface area contributed by atoms with Gasteiger partial charge in [-0.1, -0.05) is 48.0 Å². The molecule has 0 radical (unpaired) electrons. The van der Waals surface area contributed by atoms with E-state index in [9.17, 15) is 0 Å². The first-order valence-corrected chi connectivity index (χ1v) is 7.78. The van der Waals surface area contributed by atoms with E-state index in [1.165, 1.54) is 26.9 Å². The molecule has 4 aromatic rings. The first-order chi connectivity index (χ1) is 10.3. The second-order valence-corrected chi connectivity index (χ2v) is 6.00. The maximum Gasteiger partial charge on any atom is 0.0854 e. The van der Waals surface area contributed by atoms with Crippen molar-refractivity contribution in [2.45, 2.75) is 6.92 Å². The molecule has 102 valence electrons. The van der Waals surface area contributed by atoms with Gasteiger partial charge in [-0.15, -0.1) is 11.3 Å². The highest BCUT2D eigenvalue weighted by molar-refractivity contribution is 7.15. The van der Waals surface area contributed by atoms with Crippen molar-refractivity contribution < 1.29 is 0 Å². The monoisotopic (exact) mass is 290 g/mol. The first kappa shape index (κ1) is 12.4. The molecule has 2 aromatic carbocycles. The second kappa shape index (κ2) is 4.86. The van der Waals surface area contributed by atoms with Gasteiger partial charge >= 0.3 is 0 Å². The average Bonchev–Trinajstić information content (AvgIpc) is 3.11. The number of benzene rings is 2. The normalized spacial score (nSPS) is 11.1. The lowest BCUT2D eigenvalue weighted by Gasteiger charge is -2.00. The van der Waals surface area contributed by atoms with E-state index in [0.717, 1.165) is 5.69 Å². The van der Waals surface area contributed by atoms with Gasteiger partial charge in [0.1, 0.15) is 0 Å². The molecule has 0 aliphatic heterocycles. The van der Waals surface area contributed by atoms with Crippen molar-refractivity contribution in [1.29, 1.82) is 0 Å². The van der Waals surface area contributed by atoms with Crippen molar-refractivity contribution in [3.05, 3.63) is 71.7 Å². The molecule has 0 N–H and O–H groups in total. The molecule has 0 aliphatic carbocycles. The van der Waals surface area contributed by atoms with Gasteiger partial charge in [0.2, 0.25) is 0 Å². The van der Waals surface area contributed by atoms with Crippen LogP contribution in [0.1, 0.15) is 5.56 Å². The van der Waals surface area contributed by atoms with E-state index in [4.69, 9.17) is 0 Å². The molecular weight excluding hydrogens is 276 g/mol. The number of rotatable bonds is 2. The molecule has 4 rings (SSSR count). The van der Waals surface area contributed by atoms with Crippen molar-refractivity contribution >= 4 is 22.2 Å². The van der Waals surface area contributed by atoms with E-state index in [-0.39, 0.29) is 0 Å². The molecule has 0 spiro atoms. The van der Waals surface area contributed by atoms with Crippen LogP contribution in [0.2, 0.25) is 0 Å². The topological polar surface area (TPSA) is 17.8 Å². The Morgan fingerprint density at radius 2 is 1.71 bits per heavy atom. The van der Waals surface area contributed by atoms with Gasteiger partial charge in [0.15, 0.2) is 0 Å². The molecule has 2 nitrogen and oxygen atoms in total. The fourth-order valence-electron chi connectivity index (χ4n) is 2.53. The number of thiophene rings is 1. The van der Waals surface area contributed by atoms with E-state index in [1.54, 1.807) is 11.3 Å². The highest BCUT2D eigenvalue weighted by atomic mass is 32.1. The Labute approximate surface area is 127 Å². The maximum absolute atomic E-state index is 4.55. The summed E-state index contributed by atoms with van der Waals surface area (Å²) >= 11 is 1.78. The van der Waals surface area contributed by atoms with Crippen LogP contribution >= 0.6 is 11.3 Å². The van der Waals surface area contributed by atoms with E-state index >= 15 is 0 Å². The zero-order valence-corrected chi connectivity index (χ0v) is 12.5. The van der Waals surface area contributed by atoms with Gasteiger partial charge in [-0.05, 0) is 24.6 Å². The summed E-state index contributed by atoms with van der Waals surface area (Å²) in [4.78, 5) is 1.28. The Morgan fingerprint density at radius 3 is 2.48 bits per heavy atom. The van der Waals surface area contributed by atoms with Crippen LogP contribution in [-0.4, -0.2) is 9.78 Å². The summed E-state index contributed by atoms with van der Waals surface area (Å²) in [6.45, 7) is 2.11. The van der Waals surface area contributed by atoms with Crippen LogP contribution in [0, 0.1) is 6.92 Å². The molecule has 0 fully saturated rings. The molecule has 0 aliphatic rings. The standard InChI is InChI=1S/C18H14N2S/c1-13-7-9-14(10-8-13)18-16-11-19-20(17(16)12-21-18)15-5-3-2-4-6-15/h2-12H,1H3. The van der Waals surface area contributed by atoms with Gasteiger partial charge in [-0.3, -0.25) is 0 Å². The van der Waals surface area contributed by atoms with Crippen LogP contribution in [0.5, 0.6) is 0 Å². The second-order valence-electron chi connectivity index (χ2n) is 5.12. The summed E-state index contributed by atoms with van der Waals surface area (Å²) in [6.07, 6.45) is 1.97. The summed E-state index contributed by atoms with van der Waals surface area (Å²) in [5.41, 5.74) is 4.81. The summed E-state index contributed by atoms with van der Waals surface area (Å²) < 4.78 is 2.00. The number of fused-ring (bicyclic) bond motifs is 1. The number of hydrogen-bond donors (Lipinski definition) is 0. The molecule has 0 amide bonds. The number of aromatic nitrogens is 2. The summed E-state index contributed by atoms with van der Waals surface area (Å²) in [7, 11) is 0. The lowest BCUT2D eigenvalue weighted by atomic mass is 10.1.